The van der Waals surface area contributed by atoms with Crippen molar-refractivity contribution in [1.82, 2.24) is 4.72 Å². The maximum Gasteiger partial charge on any atom is 0.405 e. The molecule has 0 aromatic carbocycles. The highest BCUT2D eigenvalue weighted by molar-refractivity contribution is 7.84. The third-order valence-corrected chi connectivity index (χ3v) is 6.19. The summed E-state index contributed by atoms with van der Waals surface area (Å²) in [6.45, 7) is 6.66. The van der Waals surface area contributed by atoms with Gasteiger partial charge in [0.1, 0.15) is 6.04 Å². The maximum absolute atomic E-state index is 13.8. The first-order valence-electron chi connectivity index (χ1n) is 9.38. The van der Waals surface area contributed by atoms with Gasteiger partial charge in [0, 0.05) is 0 Å². The van der Waals surface area contributed by atoms with Crippen molar-refractivity contribution in [1.29, 1.82) is 0 Å². The summed E-state index contributed by atoms with van der Waals surface area (Å²) in [6.07, 6.45) is 0.636. The molecule has 0 aliphatic heterocycles. The summed E-state index contributed by atoms with van der Waals surface area (Å²) in [5, 5.41) is 0. The van der Waals surface area contributed by atoms with Crippen LogP contribution in [-0.2, 0) is 20.5 Å². The van der Waals surface area contributed by atoms with Crippen molar-refractivity contribution >= 4 is 17.0 Å². The molecule has 1 saturated carbocycles. The van der Waals surface area contributed by atoms with Gasteiger partial charge in [-0.05, 0) is 39.5 Å². The van der Waals surface area contributed by atoms with Crippen molar-refractivity contribution in [3.05, 3.63) is 0 Å². The fourth-order valence-electron chi connectivity index (χ4n) is 3.13. The highest BCUT2D eigenvalue weighted by atomic mass is 32.2. The first-order chi connectivity index (χ1) is 12.0. The number of esters is 1. The molecular weight excluding hydrogens is 367 g/mol. The number of alkyl halides is 3. The van der Waals surface area contributed by atoms with Crippen LogP contribution >= 0.6 is 0 Å². The standard InChI is InChI=1S/C18H32F3NO3S/c1-5-11-25-16(23)14(12-13-9-7-6-8-10-13)15(18(19,20)21)22-26(24)17(2,3)4/h13-15,22H,5-12H2,1-4H3/t14-,15-,26-/m0/s1. The predicted molar refractivity (Wildman–Crippen MR) is 96.8 cm³/mol. The second-order valence-electron chi connectivity index (χ2n) is 8.03. The van der Waals surface area contributed by atoms with Gasteiger partial charge in [-0.15, -0.1) is 0 Å². The van der Waals surface area contributed by atoms with Gasteiger partial charge in [-0.2, -0.15) is 13.2 Å². The predicted octanol–water partition coefficient (Wildman–Crippen LogP) is 4.51. The summed E-state index contributed by atoms with van der Waals surface area (Å²) in [7, 11) is -1.94. The highest BCUT2D eigenvalue weighted by Gasteiger charge is 2.50. The monoisotopic (exact) mass is 399 g/mol. The van der Waals surface area contributed by atoms with Crippen molar-refractivity contribution in [2.75, 3.05) is 6.61 Å². The summed E-state index contributed by atoms with van der Waals surface area (Å²) in [6, 6.07) is -2.17. The van der Waals surface area contributed by atoms with Crippen LogP contribution in [0, 0.1) is 11.8 Å². The summed E-state index contributed by atoms with van der Waals surface area (Å²) in [5.74, 6) is -2.16. The number of halogens is 3. The first-order valence-corrected chi connectivity index (χ1v) is 10.5. The molecule has 0 aromatic rings. The van der Waals surface area contributed by atoms with Crippen molar-refractivity contribution in [3.8, 4) is 0 Å². The van der Waals surface area contributed by atoms with Crippen LogP contribution in [0.5, 0.6) is 0 Å². The third-order valence-electron chi connectivity index (χ3n) is 4.61. The van der Waals surface area contributed by atoms with E-state index in [1.807, 2.05) is 0 Å². The molecule has 0 saturated heterocycles. The lowest BCUT2D eigenvalue weighted by Crippen LogP contribution is -2.54. The molecule has 0 unspecified atom stereocenters. The molecule has 26 heavy (non-hydrogen) atoms. The average Bonchev–Trinajstić information content (AvgIpc) is 2.54. The highest BCUT2D eigenvalue weighted by Crippen LogP contribution is 2.35. The van der Waals surface area contributed by atoms with Crippen LogP contribution in [0.15, 0.2) is 0 Å². The lowest BCUT2D eigenvalue weighted by Gasteiger charge is -2.33. The molecule has 0 heterocycles. The van der Waals surface area contributed by atoms with E-state index < -0.39 is 39.8 Å². The lowest BCUT2D eigenvalue weighted by atomic mass is 9.80. The van der Waals surface area contributed by atoms with E-state index >= 15 is 0 Å². The maximum atomic E-state index is 13.8. The van der Waals surface area contributed by atoms with Gasteiger partial charge in [-0.3, -0.25) is 4.79 Å². The molecule has 154 valence electrons. The second kappa shape index (κ2) is 10.1. The Labute approximate surface area is 157 Å². The number of nitrogens with one attached hydrogen (secondary N) is 1. The molecule has 1 aliphatic carbocycles. The van der Waals surface area contributed by atoms with Gasteiger partial charge in [-0.25, -0.2) is 8.93 Å². The number of carbonyl (C=O) groups excluding carboxylic acids is 1. The molecule has 4 nitrogen and oxygen atoms in total. The smallest absolute Gasteiger partial charge is 0.405 e. The molecule has 0 aromatic heterocycles. The largest absolute Gasteiger partial charge is 0.465 e. The minimum atomic E-state index is -4.69. The Morgan fingerprint density at radius 1 is 1.19 bits per heavy atom. The summed E-state index contributed by atoms with van der Waals surface area (Å²) in [5.41, 5.74) is 0. The van der Waals surface area contributed by atoms with Crippen LogP contribution < -0.4 is 4.72 Å². The van der Waals surface area contributed by atoms with E-state index in [4.69, 9.17) is 4.74 Å². The zero-order chi connectivity index (χ0) is 20.0. The molecule has 8 heteroatoms. The SMILES string of the molecule is CCCOC(=O)[C@@H](CC1CCCCC1)[C@H](N[S@@](=O)C(C)(C)C)C(F)(F)F. The molecule has 3 atom stereocenters. The molecule has 0 bridgehead atoms. The van der Waals surface area contributed by atoms with E-state index in [0.717, 1.165) is 32.1 Å². The van der Waals surface area contributed by atoms with Gasteiger partial charge in [0.05, 0.1) is 28.3 Å². The lowest BCUT2D eigenvalue weighted by molar-refractivity contribution is -0.180. The first kappa shape index (κ1) is 23.4. The van der Waals surface area contributed by atoms with Crippen LogP contribution in [0.25, 0.3) is 0 Å². The van der Waals surface area contributed by atoms with Crippen molar-refractivity contribution in [3.63, 3.8) is 0 Å². The minimum Gasteiger partial charge on any atom is -0.465 e. The summed E-state index contributed by atoms with van der Waals surface area (Å²) >= 11 is 0. The Morgan fingerprint density at radius 2 is 1.77 bits per heavy atom. The number of ether oxygens (including phenoxy) is 1. The van der Waals surface area contributed by atoms with Crippen LogP contribution in [0.2, 0.25) is 0 Å². The van der Waals surface area contributed by atoms with E-state index in [9.17, 15) is 22.2 Å². The minimum absolute atomic E-state index is 0.0673. The number of rotatable bonds is 8. The van der Waals surface area contributed by atoms with E-state index in [-0.39, 0.29) is 18.9 Å². The Balaban J connectivity index is 3.05. The molecule has 0 spiro atoms. The van der Waals surface area contributed by atoms with Crippen LogP contribution in [0.3, 0.4) is 0 Å². The molecule has 1 aliphatic rings. The molecule has 1 N–H and O–H groups in total. The average molecular weight is 400 g/mol. The van der Waals surface area contributed by atoms with Crippen molar-refractivity contribution < 1.29 is 26.9 Å². The molecular formula is C18H32F3NO3S. The Hall–Kier alpha value is -0.630. The van der Waals surface area contributed by atoms with Crippen molar-refractivity contribution in [2.45, 2.75) is 89.6 Å². The third kappa shape index (κ3) is 7.55. The zero-order valence-electron chi connectivity index (χ0n) is 16.2. The van der Waals surface area contributed by atoms with Gasteiger partial charge >= 0.3 is 12.1 Å². The normalized spacial score (nSPS) is 20.4. The number of hydrogen-bond donors (Lipinski definition) is 1. The number of hydrogen-bond acceptors (Lipinski definition) is 3. The zero-order valence-corrected chi connectivity index (χ0v) is 17.0. The van der Waals surface area contributed by atoms with E-state index in [1.54, 1.807) is 27.7 Å². The Bertz CT molecular complexity index is 471. The summed E-state index contributed by atoms with van der Waals surface area (Å²) < 4.78 is 59.9. The van der Waals surface area contributed by atoms with Gasteiger partial charge in [-0.1, -0.05) is 39.0 Å². The second-order valence-corrected chi connectivity index (χ2v) is 10.0. The van der Waals surface area contributed by atoms with Crippen LogP contribution in [-0.4, -0.2) is 33.8 Å². The van der Waals surface area contributed by atoms with Gasteiger partial charge < -0.3 is 4.74 Å². The Morgan fingerprint density at radius 3 is 2.23 bits per heavy atom. The van der Waals surface area contributed by atoms with Gasteiger partial charge in [0.15, 0.2) is 0 Å². The summed E-state index contributed by atoms with van der Waals surface area (Å²) in [4.78, 5) is 12.4. The topological polar surface area (TPSA) is 55.4 Å². The molecule has 0 amide bonds. The van der Waals surface area contributed by atoms with E-state index in [0.29, 0.717) is 6.42 Å². The van der Waals surface area contributed by atoms with Gasteiger partial charge in [0.25, 0.3) is 0 Å². The number of carbonyl (C=O) groups is 1. The van der Waals surface area contributed by atoms with E-state index in [2.05, 4.69) is 4.72 Å². The van der Waals surface area contributed by atoms with E-state index in [1.165, 1.54) is 0 Å². The quantitative estimate of drug-likeness (QED) is 0.611. The molecule has 1 fully saturated rings. The molecule has 1 rings (SSSR count). The fraction of sp³-hybridized carbons (Fsp3) is 0.944. The van der Waals surface area contributed by atoms with Crippen LogP contribution in [0.1, 0.15) is 72.6 Å². The molecule has 0 radical (unpaired) electrons. The Kier molecular flexibility index (Phi) is 9.06. The fourth-order valence-corrected chi connectivity index (χ4v) is 4.01. The van der Waals surface area contributed by atoms with Crippen molar-refractivity contribution in [2.24, 2.45) is 11.8 Å². The van der Waals surface area contributed by atoms with Crippen LogP contribution in [0.4, 0.5) is 13.2 Å². The van der Waals surface area contributed by atoms with Gasteiger partial charge in [0.2, 0.25) is 0 Å².